The minimum Gasteiger partial charge on any atom is -0.444 e. The van der Waals surface area contributed by atoms with Gasteiger partial charge in [-0.15, -0.1) is 0 Å². The van der Waals surface area contributed by atoms with Crippen LogP contribution in [0.5, 0.6) is 0 Å². The van der Waals surface area contributed by atoms with Gasteiger partial charge in [0.2, 0.25) is 0 Å². The first-order valence-electron chi connectivity index (χ1n) is 7.14. The van der Waals surface area contributed by atoms with Gasteiger partial charge in [-0.05, 0) is 68.2 Å². The number of ether oxygens (including phenoxy) is 1. The van der Waals surface area contributed by atoms with Gasteiger partial charge in [-0.3, -0.25) is 0 Å². The number of hydrogen-bond acceptors (Lipinski definition) is 3. The molecule has 0 aromatic heterocycles. The molecular formula is C16H24BrClN2O2. The van der Waals surface area contributed by atoms with E-state index < -0.39 is 11.7 Å². The molecule has 0 aliphatic rings. The Morgan fingerprint density at radius 3 is 2.45 bits per heavy atom. The summed E-state index contributed by atoms with van der Waals surface area (Å²) in [6.45, 7) is 10.7. The SMILES string of the molecule is CC(C)(CNC(=O)OC(C)(C)C)NCc1ccc(Cl)c(Br)c1. The zero-order valence-corrected chi connectivity index (χ0v) is 16.1. The number of alkyl carbamates (subject to hydrolysis) is 1. The summed E-state index contributed by atoms with van der Waals surface area (Å²) in [5, 5.41) is 6.88. The average molecular weight is 392 g/mol. The number of carbonyl (C=O) groups excluding carboxylic acids is 1. The van der Waals surface area contributed by atoms with Gasteiger partial charge in [0.25, 0.3) is 0 Å². The Labute approximate surface area is 146 Å². The third kappa shape index (κ3) is 7.47. The van der Waals surface area contributed by atoms with Crippen molar-refractivity contribution < 1.29 is 9.53 Å². The fourth-order valence-electron chi connectivity index (χ4n) is 1.66. The molecule has 1 amide bonds. The summed E-state index contributed by atoms with van der Waals surface area (Å²) in [5.74, 6) is 0. The summed E-state index contributed by atoms with van der Waals surface area (Å²) in [4.78, 5) is 11.7. The summed E-state index contributed by atoms with van der Waals surface area (Å²) >= 11 is 9.39. The first-order valence-corrected chi connectivity index (χ1v) is 8.31. The van der Waals surface area contributed by atoms with Crippen LogP contribution in [-0.4, -0.2) is 23.8 Å². The monoisotopic (exact) mass is 390 g/mol. The summed E-state index contributed by atoms with van der Waals surface area (Å²) in [6, 6.07) is 5.80. The lowest BCUT2D eigenvalue weighted by Crippen LogP contribution is -2.49. The van der Waals surface area contributed by atoms with Crippen molar-refractivity contribution >= 4 is 33.6 Å². The van der Waals surface area contributed by atoms with Gasteiger partial charge >= 0.3 is 6.09 Å². The molecule has 0 heterocycles. The largest absolute Gasteiger partial charge is 0.444 e. The van der Waals surface area contributed by atoms with Crippen LogP contribution in [0, 0.1) is 0 Å². The highest BCUT2D eigenvalue weighted by Crippen LogP contribution is 2.23. The van der Waals surface area contributed by atoms with Gasteiger partial charge in [0.15, 0.2) is 0 Å². The molecule has 0 atom stereocenters. The van der Waals surface area contributed by atoms with E-state index in [2.05, 4.69) is 26.6 Å². The van der Waals surface area contributed by atoms with Gasteiger partial charge in [0.1, 0.15) is 5.60 Å². The fourth-order valence-corrected chi connectivity index (χ4v) is 2.20. The van der Waals surface area contributed by atoms with Crippen molar-refractivity contribution in [2.45, 2.75) is 52.3 Å². The summed E-state index contributed by atoms with van der Waals surface area (Å²) in [7, 11) is 0. The Kier molecular flexibility index (Phi) is 6.71. The third-order valence-electron chi connectivity index (χ3n) is 2.83. The van der Waals surface area contributed by atoms with Gasteiger partial charge in [-0.2, -0.15) is 0 Å². The van der Waals surface area contributed by atoms with E-state index in [-0.39, 0.29) is 5.54 Å². The molecule has 1 aromatic carbocycles. The number of carbonyl (C=O) groups is 1. The van der Waals surface area contributed by atoms with Crippen molar-refractivity contribution in [3.8, 4) is 0 Å². The number of amides is 1. The molecule has 0 saturated carbocycles. The van der Waals surface area contributed by atoms with Crippen LogP contribution in [0.4, 0.5) is 4.79 Å². The molecule has 0 radical (unpaired) electrons. The van der Waals surface area contributed by atoms with Crippen molar-refractivity contribution in [2.75, 3.05) is 6.54 Å². The molecular weight excluding hydrogens is 368 g/mol. The normalized spacial score (nSPS) is 12.1. The highest BCUT2D eigenvalue weighted by Gasteiger charge is 2.21. The molecule has 0 aliphatic carbocycles. The van der Waals surface area contributed by atoms with E-state index in [0.717, 1.165) is 10.0 Å². The molecule has 0 bridgehead atoms. The zero-order chi connectivity index (χ0) is 17.0. The quantitative estimate of drug-likeness (QED) is 0.777. The smallest absolute Gasteiger partial charge is 0.407 e. The molecule has 1 aromatic rings. The maximum absolute atomic E-state index is 11.7. The fraction of sp³-hybridized carbons (Fsp3) is 0.562. The van der Waals surface area contributed by atoms with Crippen molar-refractivity contribution in [3.05, 3.63) is 33.3 Å². The minimum absolute atomic E-state index is 0.261. The number of rotatable bonds is 5. The molecule has 4 nitrogen and oxygen atoms in total. The molecule has 1 rings (SSSR count). The number of hydrogen-bond donors (Lipinski definition) is 2. The summed E-state index contributed by atoms with van der Waals surface area (Å²) < 4.78 is 6.10. The van der Waals surface area contributed by atoms with Gasteiger partial charge < -0.3 is 15.4 Å². The Morgan fingerprint density at radius 1 is 1.27 bits per heavy atom. The zero-order valence-electron chi connectivity index (χ0n) is 13.7. The highest BCUT2D eigenvalue weighted by molar-refractivity contribution is 9.10. The van der Waals surface area contributed by atoms with E-state index >= 15 is 0 Å². The number of nitrogens with one attached hydrogen (secondary N) is 2. The van der Waals surface area contributed by atoms with Gasteiger partial charge in [0.05, 0.1) is 5.02 Å². The lowest BCUT2D eigenvalue weighted by molar-refractivity contribution is 0.0513. The first kappa shape index (κ1) is 19.3. The number of benzene rings is 1. The maximum Gasteiger partial charge on any atom is 0.407 e. The molecule has 6 heteroatoms. The van der Waals surface area contributed by atoms with Crippen molar-refractivity contribution in [2.24, 2.45) is 0 Å². The summed E-state index contributed by atoms with van der Waals surface area (Å²) in [6.07, 6.45) is -0.406. The minimum atomic E-state index is -0.489. The van der Waals surface area contributed by atoms with E-state index in [0.29, 0.717) is 18.1 Å². The lowest BCUT2D eigenvalue weighted by Gasteiger charge is -2.28. The first-order chi connectivity index (χ1) is 9.98. The molecule has 0 spiro atoms. The van der Waals surface area contributed by atoms with E-state index in [4.69, 9.17) is 16.3 Å². The Bertz CT molecular complexity index is 527. The van der Waals surface area contributed by atoms with Gasteiger partial charge in [0, 0.05) is 23.1 Å². The topological polar surface area (TPSA) is 50.4 Å². The van der Waals surface area contributed by atoms with E-state index in [1.54, 1.807) is 0 Å². The van der Waals surface area contributed by atoms with Crippen molar-refractivity contribution in [1.29, 1.82) is 0 Å². The van der Waals surface area contributed by atoms with E-state index in [1.165, 1.54) is 0 Å². The molecule has 2 N–H and O–H groups in total. The molecule has 0 fully saturated rings. The predicted octanol–water partition coefficient (Wildman–Crippen LogP) is 4.50. The maximum atomic E-state index is 11.7. The van der Waals surface area contributed by atoms with Crippen LogP contribution in [0.1, 0.15) is 40.2 Å². The Morgan fingerprint density at radius 2 is 1.91 bits per heavy atom. The average Bonchev–Trinajstić information content (AvgIpc) is 2.36. The second kappa shape index (κ2) is 7.66. The third-order valence-corrected chi connectivity index (χ3v) is 4.04. The van der Waals surface area contributed by atoms with Crippen molar-refractivity contribution in [1.82, 2.24) is 10.6 Å². The second-order valence-corrected chi connectivity index (χ2v) is 8.10. The van der Waals surface area contributed by atoms with Gasteiger partial charge in [-0.25, -0.2) is 4.79 Å². The number of halogens is 2. The van der Waals surface area contributed by atoms with E-state index in [1.807, 2.05) is 52.8 Å². The van der Waals surface area contributed by atoms with Crippen LogP contribution < -0.4 is 10.6 Å². The van der Waals surface area contributed by atoms with Crippen LogP contribution in [0.2, 0.25) is 5.02 Å². The van der Waals surface area contributed by atoms with Crippen molar-refractivity contribution in [3.63, 3.8) is 0 Å². The van der Waals surface area contributed by atoms with Crippen LogP contribution in [0.25, 0.3) is 0 Å². The molecule has 0 aliphatic heterocycles. The Balaban J connectivity index is 2.46. The van der Waals surface area contributed by atoms with E-state index in [9.17, 15) is 4.79 Å². The van der Waals surface area contributed by atoms with Gasteiger partial charge in [-0.1, -0.05) is 17.7 Å². The highest BCUT2D eigenvalue weighted by atomic mass is 79.9. The Hall–Kier alpha value is -0.780. The lowest BCUT2D eigenvalue weighted by atomic mass is 10.1. The van der Waals surface area contributed by atoms with Crippen LogP contribution in [0.15, 0.2) is 22.7 Å². The van der Waals surface area contributed by atoms with Crippen LogP contribution in [-0.2, 0) is 11.3 Å². The van der Waals surface area contributed by atoms with Crippen LogP contribution in [0.3, 0.4) is 0 Å². The molecule has 0 unspecified atom stereocenters. The molecule has 22 heavy (non-hydrogen) atoms. The second-order valence-electron chi connectivity index (χ2n) is 6.84. The predicted molar refractivity (Wildman–Crippen MR) is 94.3 cm³/mol. The standard InChI is InChI=1S/C16H24BrClN2O2/c1-15(2,3)22-14(21)19-10-16(4,5)20-9-11-6-7-13(18)12(17)8-11/h6-8,20H,9-10H2,1-5H3,(H,19,21). The molecule has 0 saturated heterocycles. The van der Waals surface area contributed by atoms with Crippen LogP contribution >= 0.6 is 27.5 Å². The molecule has 124 valence electrons. The summed E-state index contributed by atoms with van der Waals surface area (Å²) in [5.41, 5.74) is 0.363.